The van der Waals surface area contributed by atoms with E-state index in [1.165, 1.54) is 4.90 Å². The lowest BCUT2D eigenvalue weighted by Crippen LogP contribution is -2.42. The Morgan fingerprint density at radius 1 is 1.38 bits per heavy atom. The van der Waals surface area contributed by atoms with Crippen LogP contribution in [-0.4, -0.2) is 41.4 Å². The Kier molecular flexibility index (Phi) is 4.64. The zero-order valence-electron chi connectivity index (χ0n) is 8.86. The van der Waals surface area contributed by atoms with Crippen LogP contribution in [0.15, 0.2) is 0 Å². The van der Waals surface area contributed by atoms with Crippen LogP contribution < -0.4 is 0 Å². The molecular weight excluding hydrogens is 220 g/mol. The average molecular weight is 235 g/mol. The molecule has 1 atom stereocenters. The lowest BCUT2D eigenvalue weighted by Gasteiger charge is -2.32. The Bertz CT molecular complexity index is 271. The quantitative estimate of drug-likeness (QED) is 0.800. The lowest BCUT2D eigenvalue weighted by atomic mass is 9.98. The van der Waals surface area contributed by atoms with Gasteiger partial charge in [-0.1, -0.05) is 0 Å². The highest BCUT2D eigenvalue weighted by Gasteiger charge is 2.29. The van der Waals surface area contributed by atoms with Crippen LogP contribution in [0, 0.1) is 5.92 Å². The molecule has 0 aromatic carbocycles. The zero-order valence-corrected chi connectivity index (χ0v) is 8.86. The van der Waals surface area contributed by atoms with Crippen LogP contribution in [0.3, 0.4) is 0 Å². The van der Waals surface area contributed by atoms with E-state index >= 15 is 0 Å². The van der Waals surface area contributed by atoms with E-state index in [4.69, 9.17) is 5.11 Å². The van der Waals surface area contributed by atoms with Crippen LogP contribution >= 0.6 is 0 Å². The van der Waals surface area contributed by atoms with Gasteiger partial charge in [0.1, 0.15) is 0 Å². The SMILES string of the molecule is O=C(O)CCC(=O)N1CCC[C@H](C(F)F)C1. The van der Waals surface area contributed by atoms with Gasteiger partial charge < -0.3 is 10.0 Å². The summed E-state index contributed by atoms with van der Waals surface area (Å²) in [5.74, 6) is -2.15. The summed E-state index contributed by atoms with van der Waals surface area (Å²) in [6.07, 6.45) is -1.76. The number of nitrogens with zero attached hydrogens (tertiary/aromatic N) is 1. The number of hydrogen-bond donors (Lipinski definition) is 1. The van der Waals surface area contributed by atoms with Crippen molar-refractivity contribution in [1.82, 2.24) is 4.90 Å². The molecule has 0 radical (unpaired) electrons. The summed E-state index contributed by atoms with van der Waals surface area (Å²) in [6.45, 7) is 0.512. The summed E-state index contributed by atoms with van der Waals surface area (Å²) in [7, 11) is 0. The molecular formula is C10H15F2NO3. The smallest absolute Gasteiger partial charge is 0.303 e. The molecule has 1 aliphatic rings. The molecule has 1 rings (SSSR count). The zero-order chi connectivity index (χ0) is 12.1. The van der Waals surface area contributed by atoms with Crippen molar-refractivity contribution in [3.05, 3.63) is 0 Å². The molecule has 6 heteroatoms. The Hall–Kier alpha value is -1.20. The topological polar surface area (TPSA) is 57.6 Å². The summed E-state index contributed by atoms with van der Waals surface area (Å²) in [5.41, 5.74) is 0. The standard InChI is InChI=1S/C10H15F2NO3/c11-10(12)7-2-1-5-13(6-7)8(14)3-4-9(15)16/h7,10H,1-6H2,(H,15,16)/t7-/m0/s1. The first-order valence-electron chi connectivity index (χ1n) is 5.28. The van der Waals surface area contributed by atoms with E-state index in [0.717, 1.165) is 0 Å². The Balaban J connectivity index is 2.40. The van der Waals surface area contributed by atoms with Crippen LogP contribution in [0.4, 0.5) is 8.78 Å². The van der Waals surface area contributed by atoms with E-state index in [2.05, 4.69) is 0 Å². The van der Waals surface area contributed by atoms with Crippen molar-refractivity contribution in [1.29, 1.82) is 0 Å². The van der Waals surface area contributed by atoms with E-state index in [-0.39, 0.29) is 25.3 Å². The molecule has 1 fully saturated rings. The minimum Gasteiger partial charge on any atom is -0.481 e. The first-order chi connectivity index (χ1) is 7.50. The molecule has 92 valence electrons. The molecule has 0 spiro atoms. The Morgan fingerprint density at radius 2 is 2.06 bits per heavy atom. The molecule has 0 bridgehead atoms. The molecule has 0 saturated carbocycles. The van der Waals surface area contributed by atoms with Gasteiger partial charge in [-0.3, -0.25) is 9.59 Å². The van der Waals surface area contributed by atoms with Gasteiger partial charge in [0, 0.05) is 25.4 Å². The maximum Gasteiger partial charge on any atom is 0.303 e. The summed E-state index contributed by atoms with van der Waals surface area (Å²) < 4.78 is 24.9. The van der Waals surface area contributed by atoms with Crippen LogP contribution in [0.25, 0.3) is 0 Å². The third kappa shape index (κ3) is 3.75. The highest BCUT2D eigenvalue weighted by Crippen LogP contribution is 2.23. The molecule has 1 aliphatic heterocycles. The maximum atomic E-state index is 12.4. The number of alkyl halides is 2. The minimum absolute atomic E-state index is 0.0517. The van der Waals surface area contributed by atoms with Crippen molar-refractivity contribution in [2.75, 3.05) is 13.1 Å². The van der Waals surface area contributed by atoms with E-state index in [9.17, 15) is 18.4 Å². The number of carbonyl (C=O) groups excluding carboxylic acids is 1. The second kappa shape index (κ2) is 5.77. The predicted molar refractivity (Wildman–Crippen MR) is 52.2 cm³/mol. The molecule has 4 nitrogen and oxygen atoms in total. The summed E-state index contributed by atoms with van der Waals surface area (Å²) in [4.78, 5) is 23.1. The number of piperidine rings is 1. The van der Waals surface area contributed by atoms with Crippen molar-refractivity contribution >= 4 is 11.9 Å². The van der Waals surface area contributed by atoms with Gasteiger partial charge in [0.05, 0.1) is 6.42 Å². The van der Waals surface area contributed by atoms with E-state index in [0.29, 0.717) is 19.4 Å². The van der Waals surface area contributed by atoms with Gasteiger partial charge in [-0.15, -0.1) is 0 Å². The third-order valence-corrected chi connectivity index (χ3v) is 2.72. The number of likely N-dealkylation sites (tertiary alicyclic amines) is 1. The fourth-order valence-corrected chi connectivity index (χ4v) is 1.81. The fraction of sp³-hybridized carbons (Fsp3) is 0.800. The number of amides is 1. The van der Waals surface area contributed by atoms with Crippen molar-refractivity contribution in [3.8, 4) is 0 Å². The molecule has 0 unspecified atom stereocenters. The predicted octanol–water partition coefficient (Wildman–Crippen LogP) is 1.35. The largest absolute Gasteiger partial charge is 0.481 e. The Labute approximate surface area is 92.2 Å². The van der Waals surface area contributed by atoms with Gasteiger partial charge in [-0.2, -0.15) is 0 Å². The van der Waals surface area contributed by atoms with Crippen molar-refractivity contribution in [2.24, 2.45) is 5.92 Å². The van der Waals surface area contributed by atoms with Gasteiger partial charge >= 0.3 is 5.97 Å². The average Bonchev–Trinajstić information content (AvgIpc) is 2.26. The molecule has 16 heavy (non-hydrogen) atoms. The normalized spacial score (nSPS) is 21.2. The first-order valence-corrected chi connectivity index (χ1v) is 5.28. The molecule has 1 saturated heterocycles. The van der Waals surface area contributed by atoms with Gasteiger partial charge in [0.25, 0.3) is 0 Å². The number of rotatable bonds is 4. The molecule has 1 heterocycles. The lowest BCUT2D eigenvalue weighted by molar-refractivity contribution is -0.142. The van der Waals surface area contributed by atoms with Crippen molar-refractivity contribution in [3.63, 3.8) is 0 Å². The first kappa shape index (κ1) is 12.9. The second-order valence-corrected chi connectivity index (χ2v) is 3.97. The summed E-state index contributed by atoms with van der Waals surface area (Å²) in [6, 6.07) is 0. The maximum absolute atomic E-state index is 12.4. The number of carboxylic acids is 1. The van der Waals surface area contributed by atoms with Crippen molar-refractivity contribution < 1.29 is 23.5 Å². The summed E-state index contributed by atoms with van der Waals surface area (Å²) in [5, 5.41) is 8.41. The van der Waals surface area contributed by atoms with Crippen LogP contribution in [0.1, 0.15) is 25.7 Å². The van der Waals surface area contributed by atoms with E-state index < -0.39 is 18.3 Å². The summed E-state index contributed by atoms with van der Waals surface area (Å²) >= 11 is 0. The van der Waals surface area contributed by atoms with Crippen molar-refractivity contribution in [2.45, 2.75) is 32.1 Å². The van der Waals surface area contributed by atoms with Crippen LogP contribution in [-0.2, 0) is 9.59 Å². The minimum atomic E-state index is -2.41. The molecule has 0 aromatic rings. The number of aliphatic carboxylic acids is 1. The van der Waals surface area contributed by atoms with E-state index in [1.54, 1.807) is 0 Å². The fourth-order valence-electron chi connectivity index (χ4n) is 1.81. The number of carboxylic acid groups (broad SMARTS) is 1. The molecule has 0 aromatic heterocycles. The van der Waals surface area contributed by atoms with Crippen LogP contribution in [0.2, 0.25) is 0 Å². The monoisotopic (exact) mass is 235 g/mol. The van der Waals surface area contributed by atoms with E-state index in [1.807, 2.05) is 0 Å². The number of hydrogen-bond acceptors (Lipinski definition) is 2. The number of carbonyl (C=O) groups is 2. The van der Waals surface area contributed by atoms with Gasteiger partial charge in [0.15, 0.2) is 0 Å². The highest BCUT2D eigenvalue weighted by molar-refractivity contribution is 5.80. The number of halogens is 2. The van der Waals surface area contributed by atoms with Gasteiger partial charge in [0.2, 0.25) is 12.3 Å². The molecule has 1 amide bonds. The van der Waals surface area contributed by atoms with Crippen LogP contribution in [0.5, 0.6) is 0 Å². The molecule has 1 N–H and O–H groups in total. The van der Waals surface area contributed by atoms with Gasteiger partial charge in [-0.05, 0) is 12.8 Å². The van der Waals surface area contributed by atoms with Gasteiger partial charge in [-0.25, -0.2) is 8.78 Å². The molecule has 0 aliphatic carbocycles. The second-order valence-electron chi connectivity index (χ2n) is 3.97. The third-order valence-electron chi connectivity index (χ3n) is 2.72. The highest BCUT2D eigenvalue weighted by atomic mass is 19.3. The Morgan fingerprint density at radius 3 is 2.62 bits per heavy atom.